The number of hydrogen-bond acceptors (Lipinski definition) is 4. The average Bonchev–Trinajstić information content (AvgIpc) is 3.18. The first-order chi connectivity index (χ1) is 12.9. The fourth-order valence-electron chi connectivity index (χ4n) is 3.27. The summed E-state index contributed by atoms with van der Waals surface area (Å²) >= 11 is 5.87. The molecule has 1 aliphatic rings. The molecule has 5 nitrogen and oxygen atoms in total. The highest BCUT2D eigenvalue weighted by Crippen LogP contribution is 2.40. The maximum Gasteiger partial charge on any atom is 0.236 e. The molecule has 0 unspecified atom stereocenters. The predicted molar refractivity (Wildman–Crippen MR) is 108 cm³/mol. The van der Waals surface area contributed by atoms with Gasteiger partial charge in [0.15, 0.2) is 0 Å². The summed E-state index contributed by atoms with van der Waals surface area (Å²) < 4.78 is 38.2. The Balaban J connectivity index is 1.90. The highest BCUT2D eigenvalue weighted by molar-refractivity contribution is 7.92. The molecular weight excluding hydrogens is 386 g/mol. The van der Waals surface area contributed by atoms with Crippen molar-refractivity contribution in [3.8, 4) is 11.5 Å². The van der Waals surface area contributed by atoms with Crippen LogP contribution in [0.2, 0.25) is 5.02 Å². The summed E-state index contributed by atoms with van der Waals surface area (Å²) in [4.78, 5) is 0. The Kier molecular flexibility index (Phi) is 6.09. The molecule has 7 heteroatoms. The van der Waals surface area contributed by atoms with Gasteiger partial charge in [0, 0.05) is 22.5 Å². The molecule has 27 heavy (non-hydrogen) atoms. The van der Waals surface area contributed by atoms with Gasteiger partial charge < -0.3 is 9.47 Å². The third kappa shape index (κ3) is 4.46. The molecule has 0 radical (unpaired) electrons. The molecule has 0 amide bonds. The van der Waals surface area contributed by atoms with Gasteiger partial charge in [-0.05, 0) is 54.8 Å². The normalized spacial score (nSPS) is 18.1. The average molecular weight is 408 g/mol. The number of nitrogens with zero attached hydrogens (tertiary/aromatic N) is 1. The zero-order chi connectivity index (χ0) is 19.4. The summed E-state index contributed by atoms with van der Waals surface area (Å²) in [5.41, 5.74) is 1.59. The van der Waals surface area contributed by atoms with Crippen molar-refractivity contribution in [1.29, 1.82) is 0 Å². The Labute approximate surface area is 165 Å². The molecule has 1 heterocycles. The minimum atomic E-state index is -3.59. The third-order valence-electron chi connectivity index (χ3n) is 4.63. The lowest BCUT2D eigenvalue weighted by atomic mass is 10.0. The van der Waals surface area contributed by atoms with E-state index in [1.54, 1.807) is 56.7 Å². The number of benzene rings is 2. The maximum atomic E-state index is 13.0. The standard InChI is InChI=1S/C20H22ClNO4S/c1-25-17-9-10-20(26-2)18(14-17)19-4-3-12-22(19)27(23,24)13-11-15-5-7-16(21)8-6-15/h5-11,13-14,19H,3-4,12H2,1-2H3/b13-11+/t19-/m0/s1. The molecule has 1 atom stereocenters. The second kappa shape index (κ2) is 8.33. The summed E-state index contributed by atoms with van der Waals surface area (Å²) in [6.07, 6.45) is 3.11. The van der Waals surface area contributed by atoms with Crippen molar-refractivity contribution in [3.05, 3.63) is 64.0 Å². The first kappa shape index (κ1) is 19.7. The third-order valence-corrected chi connectivity index (χ3v) is 6.45. The van der Waals surface area contributed by atoms with Crippen LogP contribution in [0.3, 0.4) is 0 Å². The van der Waals surface area contributed by atoms with E-state index in [4.69, 9.17) is 21.1 Å². The molecule has 0 bridgehead atoms. The summed E-state index contributed by atoms with van der Waals surface area (Å²) in [7, 11) is -0.417. The van der Waals surface area contributed by atoms with Crippen LogP contribution in [-0.4, -0.2) is 33.5 Å². The van der Waals surface area contributed by atoms with Crippen LogP contribution >= 0.6 is 11.6 Å². The maximum absolute atomic E-state index is 13.0. The van der Waals surface area contributed by atoms with Crippen LogP contribution in [0.4, 0.5) is 0 Å². The number of rotatable bonds is 6. The highest BCUT2D eigenvalue weighted by atomic mass is 35.5. The van der Waals surface area contributed by atoms with Crippen molar-refractivity contribution in [2.45, 2.75) is 18.9 Å². The fraction of sp³-hybridized carbons (Fsp3) is 0.300. The molecule has 2 aromatic rings. The van der Waals surface area contributed by atoms with Crippen molar-refractivity contribution in [1.82, 2.24) is 4.31 Å². The van der Waals surface area contributed by atoms with E-state index in [-0.39, 0.29) is 6.04 Å². The van der Waals surface area contributed by atoms with Crippen LogP contribution in [0.25, 0.3) is 6.08 Å². The lowest BCUT2D eigenvalue weighted by Crippen LogP contribution is -2.29. The van der Waals surface area contributed by atoms with Gasteiger partial charge in [-0.3, -0.25) is 0 Å². The van der Waals surface area contributed by atoms with E-state index in [1.807, 2.05) is 6.07 Å². The number of methoxy groups -OCH3 is 2. The van der Waals surface area contributed by atoms with Gasteiger partial charge in [0.1, 0.15) is 11.5 Å². The number of ether oxygens (including phenoxy) is 2. The van der Waals surface area contributed by atoms with E-state index in [1.165, 1.54) is 9.71 Å². The molecule has 1 saturated heterocycles. The van der Waals surface area contributed by atoms with Crippen LogP contribution in [0.5, 0.6) is 11.5 Å². The highest BCUT2D eigenvalue weighted by Gasteiger charge is 2.35. The monoisotopic (exact) mass is 407 g/mol. The Morgan fingerprint density at radius 3 is 2.52 bits per heavy atom. The Hall–Kier alpha value is -2.02. The molecule has 0 spiro atoms. The Bertz CT molecular complexity index is 925. The van der Waals surface area contributed by atoms with Gasteiger partial charge in [-0.2, -0.15) is 4.31 Å². The van der Waals surface area contributed by atoms with Gasteiger partial charge in [-0.1, -0.05) is 23.7 Å². The predicted octanol–water partition coefficient (Wildman–Crippen LogP) is 4.49. The van der Waals surface area contributed by atoms with Gasteiger partial charge in [-0.15, -0.1) is 0 Å². The summed E-state index contributed by atoms with van der Waals surface area (Å²) in [5.74, 6) is 1.33. The molecule has 0 saturated carbocycles. The van der Waals surface area contributed by atoms with E-state index in [0.29, 0.717) is 23.1 Å². The van der Waals surface area contributed by atoms with Gasteiger partial charge in [-0.25, -0.2) is 8.42 Å². The van der Waals surface area contributed by atoms with Gasteiger partial charge in [0.05, 0.1) is 20.3 Å². The topological polar surface area (TPSA) is 55.8 Å². The first-order valence-electron chi connectivity index (χ1n) is 8.62. The van der Waals surface area contributed by atoms with Crippen molar-refractivity contribution >= 4 is 27.7 Å². The van der Waals surface area contributed by atoms with E-state index in [9.17, 15) is 8.42 Å². The number of halogens is 1. The largest absolute Gasteiger partial charge is 0.497 e. The van der Waals surface area contributed by atoms with Crippen LogP contribution in [-0.2, 0) is 10.0 Å². The first-order valence-corrected chi connectivity index (χ1v) is 10.5. The van der Waals surface area contributed by atoms with Crippen LogP contribution in [0.15, 0.2) is 47.9 Å². The lowest BCUT2D eigenvalue weighted by Gasteiger charge is -2.24. The van der Waals surface area contributed by atoms with Crippen molar-refractivity contribution in [3.63, 3.8) is 0 Å². The van der Waals surface area contributed by atoms with E-state index in [0.717, 1.165) is 24.0 Å². The van der Waals surface area contributed by atoms with Gasteiger partial charge in [0.25, 0.3) is 0 Å². The smallest absolute Gasteiger partial charge is 0.236 e. The number of sulfonamides is 1. The van der Waals surface area contributed by atoms with Crippen LogP contribution in [0.1, 0.15) is 30.0 Å². The van der Waals surface area contributed by atoms with Crippen molar-refractivity contribution in [2.75, 3.05) is 20.8 Å². The Morgan fingerprint density at radius 2 is 1.85 bits per heavy atom. The number of hydrogen-bond donors (Lipinski definition) is 0. The van der Waals surface area contributed by atoms with Crippen molar-refractivity contribution in [2.24, 2.45) is 0 Å². The second-order valence-corrected chi connectivity index (χ2v) is 8.48. The molecule has 2 aromatic carbocycles. The molecule has 3 rings (SSSR count). The molecule has 0 aromatic heterocycles. The molecule has 144 valence electrons. The molecule has 0 aliphatic carbocycles. The second-order valence-electron chi connectivity index (χ2n) is 6.28. The van der Waals surface area contributed by atoms with E-state index >= 15 is 0 Å². The minimum Gasteiger partial charge on any atom is -0.497 e. The summed E-state index contributed by atoms with van der Waals surface area (Å²) in [6, 6.07) is 12.2. The SMILES string of the molecule is COc1ccc(OC)c([C@@H]2CCCN2S(=O)(=O)/C=C/c2ccc(Cl)cc2)c1. The zero-order valence-corrected chi connectivity index (χ0v) is 16.8. The van der Waals surface area contributed by atoms with E-state index in [2.05, 4.69) is 0 Å². The summed E-state index contributed by atoms with van der Waals surface area (Å²) in [5, 5.41) is 1.86. The molecule has 1 aliphatic heterocycles. The van der Waals surface area contributed by atoms with Gasteiger partial charge in [0.2, 0.25) is 10.0 Å². The Morgan fingerprint density at radius 1 is 1.11 bits per heavy atom. The van der Waals surface area contributed by atoms with Crippen LogP contribution in [0, 0.1) is 0 Å². The molecule has 1 fully saturated rings. The fourth-order valence-corrected chi connectivity index (χ4v) is 4.84. The minimum absolute atomic E-state index is 0.282. The zero-order valence-electron chi connectivity index (χ0n) is 15.3. The molecule has 0 N–H and O–H groups in total. The van der Waals surface area contributed by atoms with Crippen molar-refractivity contribution < 1.29 is 17.9 Å². The molecular formula is C20H22ClNO4S. The quantitative estimate of drug-likeness (QED) is 0.707. The van der Waals surface area contributed by atoms with Crippen LogP contribution < -0.4 is 9.47 Å². The van der Waals surface area contributed by atoms with E-state index < -0.39 is 10.0 Å². The summed E-state index contributed by atoms with van der Waals surface area (Å²) in [6.45, 7) is 0.471. The lowest BCUT2D eigenvalue weighted by molar-refractivity contribution is 0.364. The van der Waals surface area contributed by atoms with Gasteiger partial charge >= 0.3 is 0 Å².